The van der Waals surface area contributed by atoms with Gasteiger partial charge in [-0.05, 0) is 26.7 Å². The molecule has 0 aliphatic carbocycles. The van der Waals surface area contributed by atoms with Gasteiger partial charge in [0.15, 0.2) is 0 Å². The summed E-state index contributed by atoms with van der Waals surface area (Å²) in [5.41, 5.74) is 0. The van der Waals surface area contributed by atoms with E-state index in [4.69, 9.17) is 9.05 Å². The first kappa shape index (κ1) is 21.9. The van der Waals surface area contributed by atoms with Crippen molar-refractivity contribution in [1.29, 1.82) is 0 Å². The topological polar surface area (TPSA) is 78.9 Å². The Morgan fingerprint density at radius 1 is 1.21 bits per heavy atom. The summed E-state index contributed by atoms with van der Waals surface area (Å²) in [6.45, 7) is 6.10. The summed E-state index contributed by atoms with van der Waals surface area (Å²) in [5, 5.41) is 11.6. The molecule has 0 saturated heterocycles. The molecule has 0 aromatic carbocycles. The Kier molecular flexibility index (Phi) is 14.2. The largest absolute Gasteiger partial charge is 1.00 e. The molecule has 0 fully saturated rings. The van der Waals surface area contributed by atoms with E-state index < -0.39 is 13.5 Å². The zero-order valence-corrected chi connectivity index (χ0v) is 15.3. The zero-order chi connectivity index (χ0) is 14.0. The van der Waals surface area contributed by atoms with Crippen molar-refractivity contribution >= 4 is 13.5 Å². The average molecular weight is 303 g/mol. The van der Waals surface area contributed by atoms with Crippen molar-refractivity contribution in [3.63, 3.8) is 0 Å². The predicted octanol–water partition coefficient (Wildman–Crippen LogP) is -0.227. The van der Waals surface area contributed by atoms with E-state index in [-0.39, 0.29) is 48.7 Å². The molecule has 0 N–H and O–H groups in total. The van der Waals surface area contributed by atoms with E-state index in [1.807, 2.05) is 6.92 Å². The third kappa shape index (κ3) is 10.0. The summed E-state index contributed by atoms with van der Waals surface area (Å²) in [7, 11) is -3.09. The van der Waals surface area contributed by atoms with Crippen LogP contribution in [0, 0.1) is 5.21 Å². The Morgan fingerprint density at radius 3 is 2.16 bits per heavy atom. The van der Waals surface area contributed by atoms with E-state index in [1.165, 1.54) is 0 Å². The third-order valence-corrected chi connectivity index (χ3v) is 4.35. The molecule has 0 spiro atoms. The van der Waals surface area contributed by atoms with E-state index in [1.54, 1.807) is 13.8 Å². The maximum Gasteiger partial charge on any atom is 1.00 e. The van der Waals surface area contributed by atoms with E-state index in [9.17, 15) is 14.6 Å². The maximum atomic E-state index is 12.0. The molecular formula is C11H23NNaO5P. The van der Waals surface area contributed by atoms with Gasteiger partial charge in [-0.25, -0.2) is 0 Å². The van der Waals surface area contributed by atoms with Crippen LogP contribution in [0.15, 0.2) is 0 Å². The standard InChI is InChI=1S/C11H23NO5P.Na/c1-4-9-12(14)11(13)8-7-10-18(15,16-5-2)17-6-3;/h4-10H2,1-3H3;/q-1;+1. The first-order valence-corrected chi connectivity index (χ1v) is 8.07. The van der Waals surface area contributed by atoms with Crippen molar-refractivity contribution in [2.75, 3.05) is 25.9 Å². The Bertz CT molecular complexity index is 280. The predicted molar refractivity (Wildman–Crippen MR) is 70.3 cm³/mol. The number of nitrogens with zero attached hydrogens (tertiary/aromatic N) is 1. The fourth-order valence-corrected chi connectivity index (χ4v) is 3.10. The summed E-state index contributed by atoms with van der Waals surface area (Å²) < 4.78 is 22.2. The van der Waals surface area contributed by atoms with Crippen LogP contribution in [0.5, 0.6) is 0 Å². The van der Waals surface area contributed by atoms with E-state index in [2.05, 4.69) is 0 Å². The van der Waals surface area contributed by atoms with Crippen LogP contribution in [0.1, 0.15) is 40.0 Å². The van der Waals surface area contributed by atoms with Gasteiger partial charge in [-0.2, -0.15) is 0 Å². The van der Waals surface area contributed by atoms with Crippen LogP contribution in [0.3, 0.4) is 0 Å². The molecule has 6 nitrogen and oxygen atoms in total. The number of amides is 1. The average Bonchev–Trinajstić information content (AvgIpc) is 2.29. The Morgan fingerprint density at radius 2 is 1.74 bits per heavy atom. The second-order valence-corrected chi connectivity index (χ2v) is 5.95. The molecule has 0 rings (SSSR count). The molecule has 0 aromatic heterocycles. The molecule has 19 heavy (non-hydrogen) atoms. The van der Waals surface area contributed by atoms with Crippen molar-refractivity contribution in [1.82, 2.24) is 5.06 Å². The fraction of sp³-hybridized carbons (Fsp3) is 0.909. The molecule has 0 aliphatic heterocycles. The fourth-order valence-electron chi connectivity index (χ4n) is 1.44. The van der Waals surface area contributed by atoms with Crippen LogP contribution in [0.4, 0.5) is 0 Å². The van der Waals surface area contributed by atoms with Crippen molar-refractivity contribution in [2.24, 2.45) is 0 Å². The summed E-state index contributed by atoms with van der Waals surface area (Å²) in [6.07, 6.45) is 1.21. The number of rotatable bonds is 10. The summed E-state index contributed by atoms with van der Waals surface area (Å²) in [4.78, 5) is 11.4. The summed E-state index contributed by atoms with van der Waals surface area (Å²) >= 11 is 0. The number of hydroxylamine groups is 2. The van der Waals surface area contributed by atoms with E-state index >= 15 is 0 Å². The van der Waals surface area contributed by atoms with Crippen molar-refractivity contribution in [2.45, 2.75) is 40.0 Å². The molecule has 1 amide bonds. The maximum absolute atomic E-state index is 12.0. The minimum absolute atomic E-state index is 0. The quantitative estimate of drug-likeness (QED) is 0.316. The molecule has 0 radical (unpaired) electrons. The minimum atomic E-state index is -3.09. The number of carbonyl (C=O) groups is 1. The Hall–Kier alpha value is 0.580. The summed E-state index contributed by atoms with van der Waals surface area (Å²) in [6, 6.07) is 0. The van der Waals surface area contributed by atoms with Gasteiger partial charge in [-0.15, -0.1) is 0 Å². The second kappa shape index (κ2) is 12.3. The van der Waals surface area contributed by atoms with Gasteiger partial charge < -0.3 is 19.3 Å². The van der Waals surface area contributed by atoms with Gasteiger partial charge in [0.25, 0.3) is 0 Å². The monoisotopic (exact) mass is 303 g/mol. The Labute approximate surface area is 137 Å². The van der Waals surface area contributed by atoms with Gasteiger partial charge in [0.05, 0.1) is 19.4 Å². The molecule has 0 aliphatic rings. The van der Waals surface area contributed by atoms with Crippen LogP contribution in [-0.2, 0) is 18.4 Å². The smallest absolute Gasteiger partial charge is 0.756 e. The number of hydrogen-bond donors (Lipinski definition) is 0. The number of hydrogen-bond acceptors (Lipinski definition) is 5. The Balaban J connectivity index is 0. The molecule has 0 unspecified atom stereocenters. The van der Waals surface area contributed by atoms with Crippen molar-refractivity contribution < 1.29 is 48.0 Å². The van der Waals surface area contributed by atoms with Gasteiger partial charge in [0.1, 0.15) is 0 Å². The van der Waals surface area contributed by atoms with Gasteiger partial charge in [-0.1, -0.05) is 6.92 Å². The first-order chi connectivity index (χ1) is 8.49. The van der Waals surface area contributed by atoms with Crippen LogP contribution >= 0.6 is 7.60 Å². The van der Waals surface area contributed by atoms with Gasteiger partial charge in [-0.3, -0.25) is 9.36 Å². The van der Waals surface area contributed by atoms with Crippen LogP contribution in [0.2, 0.25) is 0 Å². The van der Waals surface area contributed by atoms with Gasteiger partial charge in [0, 0.05) is 13.0 Å². The molecule has 0 aromatic rings. The zero-order valence-electron chi connectivity index (χ0n) is 12.4. The van der Waals surface area contributed by atoms with Crippen LogP contribution in [0.25, 0.3) is 0 Å². The normalized spacial score (nSPS) is 10.9. The minimum Gasteiger partial charge on any atom is -0.756 e. The summed E-state index contributed by atoms with van der Waals surface area (Å²) in [5.74, 6) is -0.476. The molecule has 8 heteroatoms. The van der Waals surface area contributed by atoms with Gasteiger partial charge in [0.2, 0.25) is 5.91 Å². The van der Waals surface area contributed by atoms with Crippen LogP contribution in [-0.4, -0.2) is 36.9 Å². The molecule has 0 heterocycles. The SMILES string of the molecule is CCCN([O-])C(=O)CCCP(=O)(OCC)OCC.[Na+]. The van der Waals surface area contributed by atoms with Gasteiger partial charge >= 0.3 is 37.2 Å². The molecule has 0 bridgehead atoms. The first-order valence-electron chi connectivity index (χ1n) is 6.34. The number of carbonyl (C=O) groups excluding carboxylic acids is 1. The van der Waals surface area contributed by atoms with E-state index in [0.29, 0.717) is 31.1 Å². The molecule has 0 saturated carbocycles. The second-order valence-electron chi connectivity index (χ2n) is 3.77. The molecule has 108 valence electrons. The third-order valence-electron chi connectivity index (χ3n) is 2.18. The molecule has 0 atom stereocenters. The van der Waals surface area contributed by atoms with Crippen molar-refractivity contribution in [3.05, 3.63) is 5.21 Å². The van der Waals surface area contributed by atoms with E-state index in [0.717, 1.165) is 0 Å². The van der Waals surface area contributed by atoms with Crippen LogP contribution < -0.4 is 29.6 Å². The molecular weight excluding hydrogens is 280 g/mol. The van der Waals surface area contributed by atoms with Crippen molar-refractivity contribution in [3.8, 4) is 0 Å².